The first-order valence-corrected chi connectivity index (χ1v) is 9.00. The third-order valence-corrected chi connectivity index (χ3v) is 4.72. The summed E-state index contributed by atoms with van der Waals surface area (Å²) < 4.78 is 0. The van der Waals surface area contributed by atoms with Crippen LogP contribution in [0.15, 0.2) is 53.5 Å². The summed E-state index contributed by atoms with van der Waals surface area (Å²) in [6, 6.07) is 7.85. The third-order valence-electron chi connectivity index (χ3n) is 3.64. The minimum absolute atomic E-state index is 0.0671. The third kappa shape index (κ3) is 4.24. The number of nitrogens with zero attached hydrogens (tertiary/aromatic N) is 3. The lowest BCUT2D eigenvalue weighted by molar-refractivity contribution is -0.112. The Labute approximate surface area is 150 Å². The average Bonchev–Trinajstić information content (AvgIpc) is 3.10. The molecule has 0 aliphatic heterocycles. The average molecular weight is 353 g/mol. The van der Waals surface area contributed by atoms with Crippen molar-refractivity contribution in [3.63, 3.8) is 0 Å². The molecule has 6 nitrogen and oxygen atoms in total. The fraction of sp³-hybridized carbons (Fsp3) is 0.222. The van der Waals surface area contributed by atoms with Crippen LogP contribution in [0.5, 0.6) is 0 Å². The van der Waals surface area contributed by atoms with E-state index in [0.717, 1.165) is 45.1 Å². The van der Waals surface area contributed by atoms with Crippen LogP contribution in [0.4, 0.5) is 5.69 Å². The van der Waals surface area contributed by atoms with Gasteiger partial charge in [0.25, 0.3) is 5.91 Å². The number of hydrogen-bond acceptors (Lipinski definition) is 5. The maximum absolute atomic E-state index is 12.1. The van der Waals surface area contributed by atoms with Gasteiger partial charge in [-0.3, -0.25) is 9.89 Å². The highest BCUT2D eigenvalue weighted by molar-refractivity contribution is 7.98. The zero-order valence-corrected chi connectivity index (χ0v) is 14.9. The first-order chi connectivity index (χ1) is 12.2. The summed E-state index contributed by atoms with van der Waals surface area (Å²) in [7, 11) is 0. The normalized spacial score (nSPS) is 11.7. The summed E-state index contributed by atoms with van der Waals surface area (Å²) in [6.45, 7) is 3.84. The summed E-state index contributed by atoms with van der Waals surface area (Å²) in [5, 5.41) is 11.6. The quantitative estimate of drug-likeness (QED) is 0.398. The highest BCUT2D eigenvalue weighted by Crippen LogP contribution is 2.27. The van der Waals surface area contributed by atoms with Crippen LogP contribution in [0.1, 0.15) is 25.8 Å². The fourth-order valence-corrected chi connectivity index (χ4v) is 3.29. The van der Waals surface area contributed by atoms with Crippen LogP contribution in [0.25, 0.3) is 11.0 Å². The molecule has 3 aromatic rings. The number of rotatable bonds is 6. The summed E-state index contributed by atoms with van der Waals surface area (Å²) >= 11 is 1.61. The Hall–Kier alpha value is -2.67. The van der Waals surface area contributed by atoms with Crippen molar-refractivity contribution in [2.45, 2.75) is 31.0 Å². The molecule has 1 amide bonds. The van der Waals surface area contributed by atoms with Crippen molar-refractivity contribution in [3.05, 3.63) is 54.0 Å². The first-order valence-electron chi connectivity index (χ1n) is 8.01. The van der Waals surface area contributed by atoms with Gasteiger partial charge in [0.05, 0.1) is 11.6 Å². The van der Waals surface area contributed by atoms with Crippen LogP contribution < -0.4 is 5.32 Å². The Kier molecular flexibility index (Phi) is 5.45. The van der Waals surface area contributed by atoms with Crippen molar-refractivity contribution in [1.29, 1.82) is 0 Å². The van der Waals surface area contributed by atoms with E-state index in [-0.39, 0.29) is 5.91 Å². The minimum atomic E-state index is -0.0671. The molecule has 0 saturated heterocycles. The van der Waals surface area contributed by atoms with Gasteiger partial charge in [-0.05, 0) is 31.0 Å². The predicted molar refractivity (Wildman–Crippen MR) is 100 cm³/mol. The molecule has 2 N–H and O–H groups in total. The molecule has 2 heterocycles. The highest BCUT2D eigenvalue weighted by Gasteiger charge is 2.08. The molecular weight excluding hydrogens is 334 g/mol. The standard InChI is InChI=1S/C18H19N5OS/c1-3-5-12(2)17(24)22-14-7-4-6-13(8-14)10-25-18-15-9-21-23-16(15)19-11-20-18/h4-9,11H,3,10H2,1-2H3,(H,22,24)(H,19,20,21,23). The zero-order valence-electron chi connectivity index (χ0n) is 14.1. The largest absolute Gasteiger partial charge is 0.322 e. The second-order valence-electron chi connectivity index (χ2n) is 5.55. The SMILES string of the molecule is CCC=C(C)C(=O)Nc1cccc(CSc2ncnc3[nH]ncc23)c1. The number of thioether (sulfide) groups is 1. The molecule has 0 bridgehead atoms. The summed E-state index contributed by atoms with van der Waals surface area (Å²) in [6.07, 6.45) is 6.02. The maximum Gasteiger partial charge on any atom is 0.250 e. The van der Waals surface area contributed by atoms with Gasteiger partial charge in [-0.15, -0.1) is 11.8 Å². The molecule has 0 unspecified atom stereocenters. The van der Waals surface area contributed by atoms with E-state index in [4.69, 9.17) is 0 Å². The number of nitrogens with one attached hydrogen (secondary N) is 2. The number of carbonyl (C=O) groups excluding carboxylic acids is 1. The van der Waals surface area contributed by atoms with Crippen molar-refractivity contribution < 1.29 is 4.79 Å². The van der Waals surface area contributed by atoms with Crippen LogP contribution in [0.2, 0.25) is 0 Å². The smallest absolute Gasteiger partial charge is 0.250 e. The van der Waals surface area contributed by atoms with E-state index in [0.29, 0.717) is 0 Å². The van der Waals surface area contributed by atoms with Gasteiger partial charge in [-0.2, -0.15) is 5.10 Å². The Morgan fingerprint density at radius 3 is 3.08 bits per heavy atom. The van der Waals surface area contributed by atoms with Gasteiger partial charge in [0.1, 0.15) is 11.4 Å². The van der Waals surface area contributed by atoms with Crippen LogP contribution in [-0.4, -0.2) is 26.1 Å². The molecule has 0 fully saturated rings. The van der Waals surface area contributed by atoms with Gasteiger partial charge >= 0.3 is 0 Å². The number of hydrogen-bond donors (Lipinski definition) is 2. The number of H-pyrrole nitrogens is 1. The molecule has 0 aliphatic carbocycles. The second kappa shape index (κ2) is 7.94. The molecule has 0 saturated carbocycles. The monoisotopic (exact) mass is 353 g/mol. The van der Waals surface area contributed by atoms with Gasteiger partial charge in [-0.1, -0.05) is 25.1 Å². The molecule has 2 aromatic heterocycles. The van der Waals surface area contributed by atoms with Crippen LogP contribution in [0, 0.1) is 0 Å². The maximum atomic E-state index is 12.1. The van der Waals surface area contributed by atoms with E-state index >= 15 is 0 Å². The van der Waals surface area contributed by atoms with Gasteiger partial charge in [0, 0.05) is 17.0 Å². The Bertz CT molecular complexity index is 918. The van der Waals surface area contributed by atoms with E-state index in [1.54, 1.807) is 18.0 Å². The molecule has 7 heteroatoms. The van der Waals surface area contributed by atoms with Gasteiger partial charge in [-0.25, -0.2) is 9.97 Å². The molecule has 0 atom stereocenters. The van der Waals surface area contributed by atoms with E-state index in [9.17, 15) is 4.79 Å². The number of aromatic nitrogens is 4. The Morgan fingerprint density at radius 1 is 1.36 bits per heavy atom. The summed E-state index contributed by atoms with van der Waals surface area (Å²) in [5.74, 6) is 0.674. The molecule has 1 aromatic carbocycles. The van der Waals surface area contributed by atoms with Crippen molar-refractivity contribution in [3.8, 4) is 0 Å². The van der Waals surface area contributed by atoms with Gasteiger partial charge in [0.15, 0.2) is 5.65 Å². The Morgan fingerprint density at radius 2 is 2.24 bits per heavy atom. The van der Waals surface area contributed by atoms with Crippen molar-refractivity contribution in [2.75, 3.05) is 5.32 Å². The van der Waals surface area contributed by atoms with Gasteiger partial charge < -0.3 is 5.32 Å². The van der Waals surface area contributed by atoms with E-state index in [1.807, 2.05) is 44.2 Å². The van der Waals surface area contributed by atoms with E-state index in [1.165, 1.54) is 6.33 Å². The van der Waals surface area contributed by atoms with Gasteiger partial charge in [0.2, 0.25) is 0 Å². The Balaban J connectivity index is 1.69. The fourth-order valence-electron chi connectivity index (χ4n) is 2.38. The zero-order chi connectivity index (χ0) is 17.6. The highest BCUT2D eigenvalue weighted by atomic mass is 32.2. The predicted octanol–water partition coefficient (Wildman–Crippen LogP) is 3.94. The van der Waals surface area contributed by atoms with E-state index < -0.39 is 0 Å². The molecule has 3 rings (SSSR count). The number of benzene rings is 1. The molecule has 0 aliphatic rings. The number of amides is 1. The van der Waals surface area contributed by atoms with Crippen LogP contribution >= 0.6 is 11.8 Å². The topological polar surface area (TPSA) is 83.6 Å². The van der Waals surface area contributed by atoms with Crippen molar-refractivity contribution >= 4 is 34.4 Å². The number of allylic oxidation sites excluding steroid dienone is 1. The van der Waals surface area contributed by atoms with E-state index in [2.05, 4.69) is 25.5 Å². The van der Waals surface area contributed by atoms with Crippen LogP contribution in [0.3, 0.4) is 0 Å². The number of carbonyl (C=O) groups is 1. The molecular formula is C18H19N5OS. The first kappa shape index (κ1) is 17.2. The van der Waals surface area contributed by atoms with Crippen molar-refractivity contribution in [1.82, 2.24) is 20.2 Å². The molecule has 0 spiro atoms. The summed E-state index contributed by atoms with van der Waals surface area (Å²) in [4.78, 5) is 20.6. The lowest BCUT2D eigenvalue weighted by Crippen LogP contribution is -2.12. The molecule has 128 valence electrons. The molecule has 25 heavy (non-hydrogen) atoms. The lowest BCUT2D eigenvalue weighted by atomic mass is 10.2. The number of fused-ring (bicyclic) bond motifs is 1. The molecule has 0 radical (unpaired) electrons. The number of aromatic amines is 1. The number of anilines is 1. The van der Waals surface area contributed by atoms with Crippen LogP contribution in [-0.2, 0) is 10.5 Å². The van der Waals surface area contributed by atoms with Crippen molar-refractivity contribution in [2.24, 2.45) is 0 Å². The minimum Gasteiger partial charge on any atom is -0.322 e. The lowest BCUT2D eigenvalue weighted by Gasteiger charge is -2.08. The second-order valence-corrected chi connectivity index (χ2v) is 6.51. The summed E-state index contributed by atoms with van der Waals surface area (Å²) in [5.41, 5.74) is 3.36.